The number of carbonyl (C=O) groups is 1. The van der Waals surface area contributed by atoms with Crippen LogP contribution in [0, 0.1) is 0 Å². The van der Waals surface area contributed by atoms with Crippen LogP contribution in [-0.4, -0.2) is 17.6 Å². The summed E-state index contributed by atoms with van der Waals surface area (Å²) in [7, 11) is 0. The van der Waals surface area contributed by atoms with Crippen molar-refractivity contribution in [3.8, 4) is 5.75 Å². The Bertz CT molecular complexity index is 768. The Morgan fingerprint density at radius 1 is 1.20 bits per heavy atom. The molecule has 0 bridgehead atoms. The van der Waals surface area contributed by atoms with Gasteiger partial charge in [0.25, 0.3) is 5.91 Å². The van der Waals surface area contributed by atoms with E-state index in [-0.39, 0.29) is 11.0 Å². The topological polar surface area (TPSA) is 50.4 Å². The van der Waals surface area contributed by atoms with E-state index in [1.807, 2.05) is 13.0 Å². The monoisotopic (exact) mass is 396 g/mol. The first kappa shape index (κ1) is 19.5. The Morgan fingerprint density at radius 2 is 1.96 bits per heavy atom. The molecular formula is C18H18Cl2N2O2S. The summed E-state index contributed by atoms with van der Waals surface area (Å²) in [4.78, 5) is 12.4. The van der Waals surface area contributed by atoms with Crippen molar-refractivity contribution in [2.75, 3.05) is 6.61 Å². The number of thiocarbonyl (C=S) groups is 1. The largest absolute Gasteiger partial charge is 0.493 e. The smallest absolute Gasteiger partial charge is 0.261 e. The lowest BCUT2D eigenvalue weighted by Gasteiger charge is -2.13. The summed E-state index contributed by atoms with van der Waals surface area (Å²) < 4.78 is 5.59. The van der Waals surface area contributed by atoms with Gasteiger partial charge in [-0.05, 0) is 48.5 Å². The number of para-hydroxylation sites is 1. The predicted octanol–water partition coefficient (Wildman–Crippen LogP) is 4.59. The molecule has 0 aliphatic heterocycles. The summed E-state index contributed by atoms with van der Waals surface area (Å²) in [5.74, 6) is 0.205. The molecule has 0 aromatic heterocycles. The minimum absolute atomic E-state index is 0.210. The summed E-state index contributed by atoms with van der Waals surface area (Å²) in [6.07, 6.45) is 0.859. The second kappa shape index (κ2) is 9.61. The molecule has 0 fully saturated rings. The fourth-order valence-electron chi connectivity index (χ4n) is 2.05. The van der Waals surface area contributed by atoms with Gasteiger partial charge in [-0.15, -0.1) is 0 Å². The van der Waals surface area contributed by atoms with Crippen LogP contribution in [0.15, 0.2) is 42.5 Å². The van der Waals surface area contributed by atoms with E-state index in [9.17, 15) is 4.79 Å². The van der Waals surface area contributed by atoms with Gasteiger partial charge >= 0.3 is 0 Å². The van der Waals surface area contributed by atoms with Crippen LogP contribution >= 0.6 is 35.4 Å². The molecule has 2 N–H and O–H groups in total. The molecule has 0 radical (unpaired) electrons. The fourth-order valence-corrected chi connectivity index (χ4v) is 2.69. The number of rotatable bonds is 6. The SMILES string of the molecule is CCCOc1ccccc1C(=O)NC(=S)NCc1ccc(Cl)cc1Cl. The van der Waals surface area contributed by atoms with Gasteiger partial charge in [-0.25, -0.2) is 0 Å². The lowest BCUT2D eigenvalue weighted by molar-refractivity contribution is 0.0972. The van der Waals surface area contributed by atoms with E-state index in [0.29, 0.717) is 34.5 Å². The van der Waals surface area contributed by atoms with Crippen LogP contribution in [0.1, 0.15) is 29.3 Å². The van der Waals surface area contributed by atoms with Crippen LogP contribution in [0.3, 0.4) is 0 Å². The highest BCUT2D eigenvalue weighted by atomic mass is 35.5. The molecule has 2 aromatic rings. The average molecular weight is 397 g/mol. The quantitative estimate of drug-likeness (QED) is 0.701. The number of nitrogens with one attached hydrogen (secondary N) is 2. The number of benzene rings is 2. The molecule has 0 atom stereocenters. The summed E-state index contributed by atoms with van der Waals surface area (Å²) >= 11 is 17.2. The molecule has 1 amide bonds. The second-order valence-electron chi connectivity index (χ2n) is 5.22. The maximum absolute atomic E-state index is 12.4. The van der Waals surface area contributed by atoms with E-state index in [2.05, 4.69) is 10.6 Å². The molecule has 132 valence electrons. The van der Waals surface area contributed by atoms with Gasteiger partial charge in [0.1, 0.15) is 5.75 Å². The van der Waals surface area contributed by atoms with Gasteiger partial charge in [0.2, 0.25) is 0 Å². The Labute approximate surface area is 162 Å². The summed E-state index contributed by atoms with van der Waals surface area (Å²) in [5, 5.41) is 6.91. The molecule has 0 aliphatic rings. The lowest BCUT2D eigenvalue weighted by Crippen LogP contribution is -2.39. The van der Waals surface area contributed by atoms with Crippen molar-refractivity contribution in [3.05, 3.63) is 63.6 Å². The molecule has 2 aromatic carbocycles. The molecule has 4 nitrogen and oxygen atoms in total. The van der Waals surface area contributed by atoms with Crippen molar-refractivity contribution in [1.82, 2.24) is 10.6 Å². The number of ether oxygens (including phenoxy) is 1. The van der Waals surface area contributed by atoms with Crippen LogP contribution in [0.2, 0.25) is 10.0 Å². The van der Waals surface area contributed by atoms with Crippen molar-refractivity contribution in [2.24, 2.45) is 0 Å². The summed E-state index contributed by atoms with van der Waals surface area (Å²) in [6, 6.07) is 12.2. The molecule has 0 spiro atoms. The average Bonchev–Trinajstić information content (AvgIpc) is 2.59. The molecule has 0 unspecified atom stereocenters. The summed E-state index contributed by atoms with van der Waals surface area (Å²) in [5.41, 5.74) is 1.26. The Hall–Kier alpha value is -1.82. The lowest BCUT2D eigenvalue weighted by atomic mass is 10.2. The van der Waals surface area contributed by atoms with Crippen molar-refractivity contribution in [2.45, 2.75) is 19.9 Å². The fraction of sp³-hybridized carbons (Fsp3) is 0.222. The number of amides is 1. The Kier molecular flexibility index (Phi) is 7.50. The third-order valence-corrected chi connectivity index (χ3v) is 4.11. The maximum Gasteiger partial charge on any atom is 0.261 e. The van der Waals surface area contributed by atoms with E-state index < -0.39 is 0 Å². The first-order chi connectivity index (χ1) is 12.0. The molecule has 2 rings (SSSR count). The molecule has 0 saturated heterocycles. The van der Waals surface area contributed by atoms with Crippen LogP contribution in [-0.2, 0) is 6.54 Å². The van der Waals surface area contributed by atoms with Crippen molar-refractivity contribution < 1.29 is 9.53 Å². The third-order valence-electron chi connectivity index (χ3n) is 3.27. The van der Waals surface area contributed by atoms with Crippen molar-refractivity contribution in [1.29, 1.82) is 0 Å². The van der Waals surface area contributed by atoms with Gasteiger partial charge in [0, 0.05) is 16.6 Å². The summed E-state index contributed by atoms with van der Waals surface area (Å²) in [6.45, 7) is 2.93. The van der Waals surface area contributed by atoms with Gasteiger partial charge in [-0.3, -0.25) is 10.1 Å². The molecule has 0 heterocycles. The van der Waals surface area contributed by atoms with Crippen LogP contribution in [0.4, 0.5) is 0 Å². The zero-order valence-electron chi connectivity index (χ0n) is 13.6. The highest BCUT2D eigenvalue weighted by Crippen LogP contribution is 2.21. The van der Waals surface area contributed by atoms with Crippen LogP contribution < -0.4 is 15.4 Å². The number of carbonyl (C=O) groups excluding carboxylic acids is 1. The van der Waals surface area contributed by atoms with E-state index >= 15 is 0 Å². The second-order valence-corrected chi connectivity index (χ2v) is 6.47. The highest BCUT2D eigenvalue weighted by Gasteiger charge is 2.13. The Morgan fingerprint density at radius 3 is 2.68 bits per heavy atom. The first-order valence-corrected chi connectivity index (χ1v) is 8.92. The van der Waals surface area contributed by atoms with E-state index in [4.69, 9.17) is 40.2 Å². The molecular weight excluding hydrogens is 379 g/mol. The van der Waals surface area contributed by atoms with Crippen LogP contribution in [0.5, 0.6) is 5.75 Å². The normalized spacial score (nSPS) is 10.2. The standard InChI is InChI=1S/C18H18Cl2N2O2S/c1-2-9-24-16-6-4-3-5-14(16)17(23)22-18(25)21-11-12-7-8-13(19)10-15(12)20/h3-8,10H,2,9,11H2,1H3,(H2,21,22,23,25). The molecule has 25 heavy (non-hydrogen) atoms. The minimum Gasteiger partial charge on any atom is -0.493 e. The number of hydrogen-bond acceptors (Lipinski definition) is 3. The van der Waals surface area contributed by atoms with Crippen molar-refractivity contribution >= 4 is 46.4 Å². The maximum atomic E-state index is 12.4. The van der Waals surface area contributed by atoms with E-state index in [0.717, 1.165) is 12.0 Å². The zero-order valence-corrected chi connectivity index (χ0v) is 16.0. The Balaban J connectivity index is 1.95. The van der Waals surface area contributed by atoms with Gasteiger partial charge < -0.3 is 10.1 Å². The third kappa shape index (κ3) is 5.88. The van der Waals surface area contributed by atoms with E-state index in [1.54, 1.807) is 36.4 Å². The predicted molar refractivity (Wildman–Crippen MR) is 106 cm³/mol. The molecule has 0 saturated carbocycles. The molecule has 7 heteroatoms. The van der Waals surface area contributed by atoms with Gasteiger partial charge in [-0.1, -0.05) is 48.3 Å². The molecule has 0 aliphatic carbocycles. The minimum atomic E-state index is -0.327. The first-order valence-electron chi connectivity index (χ1n) is 7.76. The van der Waals surface area contributed by atoms with Gasteiger partial charge in [0.05, 0.1) is 12.2 Å². The van der Waals surface area contributed by atoms with Crippen LogP contribution in [0.25, 0.3) is 0 Å². The number of halogens is 2. The number of hydrogen-bond donors (Lipinski definition) is 2. The highest BCUT2D eigenvalue weighted by molar-refractivity contribution is 7.80. The van der Waals surface area contributed by atoms with Crippen molar-refractivity contribution in [3.63, 3.8) is 0 Å². The van der Waals surface area contributed by atoms with Gasteiger partial charge in [-0.2, -0.15) is 0 Å². The zero-order chi connectivity index (χ0) is 18.2. The van der Waals surface area contributed by atoms with E-state index in [1.165, 1.54) is 0 Å². The van der Waals surface area contributed by atoms with Gasteiger partial charge in [0.15, 0.2) is 5.11 Å².